The summed E-state index contributed by atoms with van der Waals surface area (Å²) >= 11 is 7.50. The predicted octanol–water partition coefficient (Wildman–Crippen LogP) is 4.35. The second-order valence-electron chi connectivity index (χ2n) is 5.71. The molecule has 0 radical (unpaired) electrons. The van der Waals surface area contributed by atoms with Gasteiger partial charge in [0.15, 0.2) is 11.0 Å². The Kier molecular flexibility index (Phi) is 6.47. The molecule has 0 saturated heterocycles. The molecule has 3 rings (SSSR count). The van der Waals surface area contributed by atoms with Crippen molar-refractivity contribution in [3.8, 4) is 17.1 Å². The van der Waals surface area contributed by atoms with Gasteiger partial charge < -0.3 is 5.32 Å². The van der Waals surface area contributed by atoms with Crippen LogP contribution in [0.3, 0.4) is 0 Å². The number of thioether (sulfide) groups is 1. The lowest BCUT2D eigenvalue weighted by Crippen LogP contribution is -2.25. The molecule has 5 nitrogen and oxygen atoms in total. The Balaban J connectivity index is 2.01. The maximum absolute atomic E-state index is 14.5. The minimum atomic E-state index is -0.414. The molecule has 0 atom stereocenters. The van der Waals surface area contributed by atoms with E-state index in [9.17, 15) is 9.18 Å². The largest absolute Gasteiger partial charge is 0.355 e. The lowest BCUT2D eigenvalue weighted by molar-refractivity contribution is -0.118. The van der Waals surface area contributed by atoms with Crippen LogP contribution in [0.2, 0.25) is 5.02 Å². The molecule has 0 bridgehead atoms. The first-order chi connectivity index (χ1) is 13.1. The van der Waals surface area contributed by atoms with Gasteiger partial charge in [0.25, 0.3) is 0 Å². The number of para-hydroxylation sites is 1. The minimum Gasteiger partial charge on any atom is -0.355 e. The van der Waals surface area contributed by atoms with Crippen LogP contribution in [0.15, 0.2) is 53.7 Å². The number of aromatic nitrogens is 3. The van der Waals surface area contributed by atoms with E-state index in [1.807, 2.05) is 19.1 Å². The summed E-state index contributed by atoms with van der Waals surface area (Å²) in [6.07, 6.45) is 0.860. The number of hydrogen-bond acceptors (Lipinski definition) is 4. The van der Waals surface area contributed by atoms with E-state index in [-0.39, 0.29) is 11.7 Å². The Morgan fingerprint density at radius 2 is 1.93 bits per heavy atom. The highest BCUT2D eigenvalue weighted by Crippen LogP contribution is 2.32. The van der Waals surface area contributed by atoms with Crippen molar-refractivity contribution in [2.75, 3.05) is 12.3 Å². The molecule has 0 saturated carbocycles. The summed E-state index contributed by atoms with van der Waals surface area (Å²) in [7, 11) is 0. The fraction of sp³-hybridized carbons (Fsp3) is 0.211. The molecule has 0 aliphatic heterocycles. The van der Waals surface area contributed by atoms with E-state index in [0.29, 0.717) is 33.8 Å². The molecule has 2 aromatic carbocycles. The van der Waals surface area contributed by atoms with Crippen molar-refractivity contribution in [1.82, 2.24) is 20.1 Å². The van der Waals surface area contributed by atoms with Gasteiger partial charge >= 0.3 is 0 Å². The first-order valence-corrected chi connectivity index (χ1v) is 9.83. The quantitative estimate of drug-likeness (QED) is 0.595. The number of amides is 1. The number of carbonyl (C=O) groups is 1. The van der Waals surface area contributed by atoms with Crippen LogP contribution in [-0.4, -0.2) is 33.0 Å². The summed E-state index contributed by atoms with van der Waals surface area (Å²) in [4.78, 5) is 11.9. The Morgan fingerprint density at radius 3 is 2.67 bits per heavy atom. The van der Waals surface area contributed by atoms with Crippen LogP contribution < -0.4 is 5.32 Å². The first-order valence-electron chi connectivity index (χ1n) is 8.46. The highest BCUT2D eigenvalue weighted by molar-refractivity contribution is 7.99. The SMILES string of the molecule is CCCNC(=O)CSc1nnc(-c2ccccc2Cl)n1-c1ccccc1F. The van der Waals surface area contributed by atoms with E-state index in [0.717, 1.165) is 6.42 Å². The summed E-state index contributed by atoms with van der Waals surface area (Å²) in [6.45, 7) is 2.60. The first kappa shape index (κ1) is 19.4. The van der Waals surface area contributed by atoms with E-state index >= 15 is 0 Å². The summed E-state index contributed by atoms with van der Waals surface area (Å²) in [5.41, 5.74) is 0.936. The van der Waals surface area contributed by atoms with E-state index < -0.39 is 5.82 Å². The normalized spacial score (nSPS) is 10.8. The van der Waals surface area contributed by atoms with Crippen molar-refractivity contribution >= 4 is 29.3 Å². The summed E-state index contributed by atoms with van der Waals surface area (Å²) in [5.74, 6) is 0.0593. The average Bonchev–Trinajstić information content (AvgIpc) is 3.09. The van der Waals surface area contributed by atoms with Crippen LogP contribution in [0.4, 0.5) is 4.39 Å². The van der Waals surface area contributed by atoms with Crippen LogP contribution >= 0.6 is 23.4 Å². The number of rotatable bonds is 7. The van der Waals surface area contributed by atoms with Crippen molar-refractivity contribution in [3.63, 3.8) is 0 Å². The second kappa shape index (κ2) is 9.01. The molecule has 0 fully saturated rings. The molecule has 0 aliphatic carbocycles. The number of carbonyl (C=O) groups excluding carboxylic acids is 1. The summed E-state index contributed by atoms with van der Waals surface area (Å²) in [6, 6.07) is 13.5. The van der Waals surface area contributed by atoms with Gasteiger partial charge in [-0.25, -0.2) is 4.39 Å². The standard InChI is InChI=1S/C19H18ClFN4OS/c1-2-11-22-17(26)12-27-19-24-23-18(13-7-3-4-8-14(13)20)25(19)16-10-6-5-9-15(16)21/h3-10H,2,11-12H2,1H3,(H,22,26). The zero-order valence-corrected chi connectivity index (χ0v) is 16.2. The van der Waals surface area contributed by atoms with Gasteiger partial charge in [0.2, 0.25) is 5.91 Å². The fourth-order valence-electron chi connectivity index (χ4n) is 2.48. The smallest absolute Gasteiger partial charge is 0.230 e. The fourth-order valence-corrected chi connectivity index (χ4v) is 3.47. The monoisotopic (exact) mass is 404 g/mol. The summed E-state index contributed by atoms with van der Waals surface area (Å²) < 4.78 is 16.1. The number of nitrogens with zero attached hydrogens (tertiary/aromatic N) is 3. The molecule has 140 valence electrons. The molecular formula is C19H18ClFN4OS. The van der Waals surface area contributed by atoms with Gasteiger partial charge in [-0.15, -0.1) is 10.2 Å². The molecule has 1 heterocycles. The topological polar surface area (TPSA) is 59.8 Å². The molecule has 0 aliphatic rings. The van der Waals surface area contributed by atoms with Crippen molar-refractivity contribution in [2.24, 2.45) is 0 Å². The van der Waals surface area contributed by atoms with Gasteiger partial charge in [0.05, 0.1) is 16.5 Å². The van der Waals surface area contributed by atoms with Crippen molar-refractivity contribution in [1.29, 1.82) is 0 Å². The third-order valence-electron chi connectivity index (χ3n) is 3.75. The van der Waals surface area contributed by atoms with Crippen LogP contribution in [0, 0.1) is 5.82 Å². The number of benzene rings is 2. The Labute approximate surface area is 166 Å². The molecule has 3 aromatic rings. The van der Waals surface area contributed by atoms with Gasteiger partial charge in [0, 0.05) is 12.1 Å². The highest BCUT2D eigenvalue weighted by atomic mass is 35.5. The van der Waals surface area contributed by atoms with Crippen LogP contribution in [-0.2, 0) is 4.79 Å². The van der Waals surface area contributed by atoms with Gasteiger partial charge in [-0.1, -0.05) is 54.6 Å². The Bertz CT molecular complexity index is 947. The van der Waals surface area contributed by atoms with E-state index in [4.69, 9.17) is 11.6 Å². The van der Waals surface area contributed by atoms with Crippen molar-refractivity contribution in [2.45, 2.75) is 18.5 Å². The van der Waals surface area contributed by atoms with Crippen LogP contribution in [0.5, 0.6) is 0 Å². The number of hydrogen-bond donors (Lipinski definition) is 1. The van der Waals surface area contributed by atoms with Gasteiger partial charge in [-0.05, 0) is 30.7 Å². The Hall–Kier alpha value is -2.38. The van der Waals surface area contributed by atoms with E-state index in [2.05, 4.69) is 15.5 Å². The van der Waals surface area contributed by atoms with Crippen molar-refractivity contribution in [3.05, 3.63) is 59.4 Å². The molecule has 27 heavy (non-hydrogen) atoms. The van der Waals surface area contributed by atoms with Crippen LogP contribution in [0.25, 0.3) is 17.1 Å². The maximum Gasteiger partial charge on any atom is 0.230 e. The molecule has 8 heteroatoms. The average molecular weight is 405 g/mol. The molecule has 1 amide bonds. The molecule has 1 aromatic heterocycles. The van der Waals surface area contributed by atoms with Gasteiger partial charge in [-0.2, -0.15) is 0 Å². The highest BCUT2D eigenvalue weighted by Gasteiger charge is 2.20. The lowest BCUT2D eigenvalue weighted by atomic mass is 10.2. The third kappa shape index (κ3) is 4.48. The zero-order chi connectivity index (χ0) is 19.2. The van der Waals surface area contributed by atoms with Gasteiger partial charge in [0.1, 0.15) is 5.82 Å². The number of nitrogens with one attached hydrogen (secondary N) is 1. The third-order valence-corrected chi connectivity index (χ3v) is 5.00. The lowest BCUT2D eigenvalue weighted by Gasteiger charge is -2.12. The second-order valence-corrected chi connectivity index (χ2v) is 7.06. The van der Waals surface area contributed by atoms with E-state index in [1.54, 1.807) is 34.9 Å². The van der Waals surface area contributed by atoms with E-state index in [1.165, 1.54) is 17.8 Å². The molecule has 1 N–H and O–H groups in total. The zero-order valence-electron chi connectivity index (χ0n) is 14.7. The Morgan fingerprint density at radius 1 is 1.19 bits per heavy atom. The predicted molar refractivity (Wildman–Crippen MR) is 106 cm³/mol. The number of halogens is 2. The maximum atomic E-state index is 14.5. The minimum absolute atomic E-state index is 0.107. The summed E-state index contributed by atoms with van der Waals surface area (Å²) in [5, 5.41) is 12.1. The van der Waals surface area contributed by atoms with Gasteiger partial charge in [-0.3, -0.25) is 9.36 Å². The van der Waals surface area contributed by atoms with Crippen LogP contribution in [0.1, 0.15) is 13.3 Å². The molecule has 0 unspecified atom stereocenters. The molecule has 0 spiro atoms. The molecular weight excluding hydrogens is 387 g/mol. The van der Waals surface area contributed by atoms with Crippen molar-refractivity contribution < 1.29 is 9.18 Å².